The molecule has 0 aliphatic carbocycles. The maximum absolute atomic E-state index is 12.9. The minimum Gasteiger partial charge on any atom is -0.496 e. The first kappa shape index (κ1) is 13.1. The van der Waals surface area contributed by atoms with E-state index in [0.717, 1.165) is 11.1 Å². The average molecular weight is 260 g/mol. The first-order valence-electron chi connectivity index (χ1n) is 5.75. The molecule has 2 aromatic carbocycles. The number of hydrogen-bond donors (Lipinski definition) is 1. The summed E-state index contributed by atoms with van der Waals surface area (Å²) in [7, 11) is 1.49. The van der Waals surface area contributed by atoms with Crippen molar-refractivity contribution in [2.75, 3.05) is 7.11 Å². The van der Waals surface area contributed by atoms with Gasteiger partial charge in [-0.25, -0.2) is 4.39 Å². The Bertz CT molecular complexity index is 591. The van der Waals surface area contributed by atoms with Crippen LogP contribution < -0.4 is 4.74 Å². The van der Waals surface area contributed by atoms with Crippen molar-refractivity contribution in [2.45, 2.75) is 6.42 Å². The summed E-state index contributed by atoms with van der Waals surface area (Å²) in [5.74, 6) is -0.726. The van der Waals surface area contributed by atoms with E-state index in [9.17, 15) is 9.18 Å². The Hall–Kier alpha value is -2.36. The number of benzene rings is 2. The molecule has 19 heavy (non-hydrogen) atoms. The van der Waals surface area contributed by atoms with Crippen LogP contribution >= 0.6 is 0 Å². The first-order valence-corrected chi connectivity index (χ1v) is 5.75. The molecule has 3 nitrogen and oxygen atoms in total. The van der Waals surface area contributed by atoms with Crippen LogP contribution in [-0.2, 0) is 11.2 Å². The van der Waals surface area contributed by atoms with E-state index in [1.165, 1.54) is 19.2 Å². The number of ether oxygens (including phenoxy) is 1. The molecule has 0 amide bonds. The van der Waals surface area contributed by atoms with Gasteiger partial charge in [0.2, 0.25) is 0 Å². The molecule has 0 saturated heterocycles. The Kier molecular flexibility index (Phi) is 3.80. The zero-order valence-electron chi connectivity index (χ0n) is 10.4. The number of hydrogen-bond acceptors (Lipinski definition) is 2. The Morgan fingerprint density at radius 3 is 2.47 bits per heavy atom. The molecule has 0 spiro atoms. The van der Waals surface area contributed by atoms with Crippen molar-refractivity contribution in [3.8, 4) is 16.9 Å². The van der Waals surface area contributed by atoms with Crippen LogP contribution in [-0.4, -0.2) is 18.2 Å². The van der Waals surface area contributed by atoms with Crippen molar-refractivity contribution in [3.05, 3.63) is 53.8 Å². The smallest absolute Gasteiger partial charge is 0.307 e. The molecule has 0 aliphatic heterocycles. The fourth-order valence-corrected chi connectivity index (χ4v) is 1.98. The Balaban J connectivity index is 2.50. The number of rotatable bonds is 4. The lowest BCUT2D eigenvalue weighted by molar-refractivity contribution is -0.136. The molecule has 0 heterocycles. The number of methoxy groups -OCH3 is 1. The summed E-state index contributed by atoms with van der Waals surface area (Å²) in [6, 6.07) is 11.3. The number of para-hydroxylation sites is 1. The third-order valence-electron chi connectivity index (χ3n) is 2.80. The minimum absolute atomic E-state index is 0.113. The van der Waals surface area contributed by atoms with Gasteiger partial charge >= 0.3 is 5.97 Å². The van der Waals surface area contributed by atoms with Crippen molar-refractivity contribution < 1.29 is 19.0 Å². The minimum atomic E-state index is -0.922. The maximum atomic E-state index is 12.9. The molecular weight excluding hydrogens is 247 g/mol. The van der Waals surface area contributed by atoms with E-state index < -0.39 is 5.97 Å². The van der Waals surface area contributed by atoms with Crippen molar-refractivity contribution in [3.63, 3.8) is 0 Å². The summed E-state index contributed by atoms with van der Waals surface area (Å²) in [4.78, 5) is 10.8. The number of carbonyl (C=O) groups is 1. The molecule has 0 aliphatic rings. The van der Waals surface area contributed by atoms with E-state index in [0.29, 0.717) is 11.3 Å². The van der Waals surface area contributed by atoms with Gasteiger partial charge < -0.3 is 9.84 Å². The van der Waals surface area contributed by atoms with E-state index in [-0.39, 0.29) is 12.2 Å². The molecule has 98 valence electrons. The van der Waals surface area contributed by atoms with Crippen molar-refractivity contribution >= 4 is 5.97 Å². The third-order valence-corrected chi connectivity index (χ3v) is 2.80. The van der Waals surface area contributed by atoms with Crippen molar-refractivity contribution in [1.82, 2.24) is 0 Å². The SMILES string of the molecule is COc1c(CC(=O)O)cccc1-c1ccc(F)cc1. The van der Waals surface area contributed by atoms with Crippen LogP contribution in [0.25, 0.3) is 11.1 Å². The van der Waals surface area contributed by atoms with Gasteiger partial charge in [0.05, 0.1) is 13.5 Å². The Morgan fingerprint density at radius 2 is 1.89 bits per heavy atom. The lowest BCUT2D eigenvalue weighted by Crippen LogP contribution is -2.03. The van der Waals surface area contributed by atoms with E-state index >= 15 is 0 Å². The number of carboxylic acids is 1. The monoisotopic (exact) mass is 260 g/mol. The topological polar surface area (TPSA) is 46.5 Å². The average Bonchev–Trinajstić information content (AvgIpc) is 2.38. The largest absolute Gasteiger partial charge is 0.496 e. The highest BCUT2D eigenvalue weighted by atomic mass is 19.1. The van der Waals surface area contributed by atoms with Gasteiger partial charge in [0.15, 0.2) is 0 Å². The number of halogens is 1. The summed E-state index contributed by atoms with van der Waals surface area (Å²) in [5.41, 5.74) is 2.13. The zero-order valence-corrected chi connectivity index (χ0v) is 10.4. The third kappa shape index (κ3) is 2.91. The van der Waals surface area contributed by atoms with Gasteiger partial charge in [-0.15, -0.1) is 0 Å². The molecule has 0 atom stereocenters. The van der Waals surface area contributed by atoms with Crippen LogP contribution in [0, 0.1) is 5.82 Å². The molecule has 0 unspecified atom stereocenters. The summed E-state index contributed by atoms with van der Waals surface area (Å²) in [6.45, 7) is 0. The highest BCUT2D eigenvalue weighted by molar-refractivity contribution is 5.77. The second-order valence-electron chi connectivity index (χ2n) is 4.08. The van der Waals surface area contributed by atoms with Crippen LogP contribution in [0.4, 0.5) is 4.39 Å². The van der Waals surface area contributed by atoms with Gasteiger partial charge in [-0.2, -0.15) is 0 Å². The van der Waals surface area contributed by atoms with Crippen LogP contribution in [0.5, 0.6) is 5.75 Å². The fourth-order valence-electron chi connectivity index (χ4n) is 1.98. The molecule has 0 bridgehead atoms. The molecule has 0 saturated carbocycles. The molecule has 2 rings (SSSR count). The van der Waals surface area contributed by atoms with E-state index in [4.69, 9.17) is 9.84 Å². The summed E-state index contributed by atoms with van der Waals surface area (Å²) in [5, 5.41) is 8.88. The van der Waals surface area contributed by atoms with Crippen LogP contribution in [0.3, 0.4) is 0 Å². The first-order chi connectivity index (χ1) is 9.11. The van der Waals surface area contributed by atoms with Crippen molar-refractivity contribution in [2.24, 2.45) is 0 Å². The molecular formula is C15H13FO3. The number of aliphatic carboxylic acids is 1. The zero-order chi connectivity index (χ0) is 13.8. The Morgan fingerprint density at radius 1 is 1.21 bits per heavy atom. The lowest BCUT2D eigenvalue weighted by atomic mass is 10.00. The Labute approximate surface area is 110 Å². The van der Waals surface area contributed by atoms with E-state index in [1.807, 2.05) is 6.07 Å². The summed E-state index contributed by atoms with van der Waals surface area (Å²) < 4.78 is 18.2. The van der Waals surface area contributed by atoms with Crippen LogP contribution in [0.1, 0.15) is 5.56 Å². The number of carboxylic acid groups (broad SMARTS) is 1. The van der Waals surface area contributed by atoms with Gasteiger partial charge in [-0.3, -0.25) is 4.79 Å². The van der Waals surface area contributed by atoms with Gasteiger partial charge in [0, 0.05) is 11.1 Å². The molecule has 1 N–H and O–H groups in total. The molecule has 4 heteroatoms. The standard InChI is InChI=1S/C15H13FO3/c1-19-15-11(9-14(17)18)3-2-4-13(15)10-5-7-12(16)8-6-10/h2-8H,9H2,1H3,(H,17,18). The van der Waals surface area contributed by atoms with Crippen LogP contribution in [0.2, 0.25) is 0 Å². The summed E-state index contributed by atoms with van der Waals surface area (Å²) >= 11 is 0. The molecule has 0 aromatic heterocycles. The normalized spacial score (nSPS) is 10.2. The summed E-state index contributed by atoms with van der Waals surface area (Å²) in [6.07, 6.45) is -0.113. The van der Waals surface area contributed by atoms with Gasteiger partial charge in [0.25, 0.3) is 0 Å². The van der Waals surface area contributed by atoms with Gasteiger partial charge in [0.1, 0.15) is 11.6 Å². The quantitative estimate of drug-likeness (QED) is 0.918. The second-order valence-corrected chi connectivity index (χ2v) is 4.08. The van der Waals surface area contributed by atoms with Gasteiger partial charge in [-0.05, 0) is 17.7 Å². The molecule has 2 aromatic rings. The highest BCUT2D eigenvalue weighted by Gasteiger charge is 2.13. The molecule has 0 fully saturated rings. The second kappa shape index (κ2) is 5.52. The lowest BCUT2D eigenvalue weighted by Gasteiger charge is -2.12. The van der Waals surface area contributed by atoms with Crippen LogP contribution in [0.15, 0.2) is 42.5 Å². The fraction of sp³-hybridized carbons (Fsp3) is 0.133. The predicted octanol–water partition coefficient (Wildman–Crippen LogP) is 3.13. The molecule has 0 radical (unpaired) electrons. The van der Waals surface area contributed by atoms with Gasteiger partial charge in [-0.1, -0.05) is 30.3 Å². The van der Waals surface area contributed by atoms with E-state index in [2.05, 4.69) is 0 Å². The van der Waals surface area contributed by atoms with Crippen molar-refractivity contribution in [1.29, 1.82) is 0 Å². The highest BCUT2D eigenvalue weighted by Crippen LogP contribution is 2.33. The van der Waals surface area contributed by atoms with E-state index in [1.54, 1.807) is 24.3 Å². The predicted molar refractivity (Wildman–Crippen MR) is 69.7 cm³/mol. The maximum Gasteiger partial charge on any atom is 0.307 e.